The number of aromatic nitrogens is 2. The molecule has 0 unspecified atom stereocenters. The first-order valence-electron chi connectivity index (χ1n) is 4.09. The van der Waals surface area contributed by atoms with Gasteiger partial charge in [-0.2, -0.15) is 0 Å². The van der Waals surface area contributed by atoms with Crippen molar-refractivity contribution in [1.29, 1.82) is 0 Å². The molecule has 2 rings (SSSR count). The van der Waals surface area contributed by atoms with E-state index in [9.17, 15) is 8.42 Å². The van der Waals surface area contributed by atoms with E-state index >= 15 is 0 Å². The molecule has 0 fully saturated rings. The second-order valence-corrected chi connectivity index (χ2v) is 6.08. The number of benzene rings is 1. The van der Waals surface area contributed by atoms with E-state index in [-0.39, 0.29) is 4.34 Å². The van der Waals surface area contributed by atoms with Gasteiger partial charge in [-0.1, -0.05) is 35.1 Å². The predicted molar refractivity (Wildman–Crippen MR) is 61.7 cm³/mol. The number of nitrogens with zero attached hydrogens (tertiary/aromatic N) is 2. The van der Waals surface area contributed by atoms with Crippen LogP contribution in [0.3, 0.4) is 0 Å². The molecule has 1 heterocycles. The molecule has 0 radical (unpaired) electrons. The molecule has 2 aromatic rings. The van der Waals surface area contributed by atoms with Gasteiger partial charge in [0.25, 0.3) is 10.0 Å². The zero-order valence-electron chi connectivity index (χ0n) is 7.79. The van der Waals surface area contributed by atoms with E-state index in [1.807, 2.05) is 0 Å². The average Bonchev–Trinajstić information content (AvgIpc) is 2.65. The lowest BCUT2D eigenvalue weighted by Gasteiger charge is -1.94. The zero-order valence-corrected chi connectivity index (χ0v) is 10.2. The van der Waals surface area contributed by atoms with Crippen molar-refractivity contribution in [1.82, 2.24) is 10.2 Å². The summed E-state index contributed by atoms with van der Waals surface area (Å²) in [6.07, 6.45) is 0. The lowest BCUT2D eigenvalue weighted by Crippen LogP contribution is -2.11. The maximum Gasteiger partial charge on any atom is 0.267 e. The molecule has 0 aliphatic carbocycles. The molecule has 0 atom stereocenters. The third-order valence-corrected chi connectivity index (χ3v) is 4.24. The van der Waals surface area contributed by atoms with Crippen LogP contribution in [-0.2, 0) is 10.0 Å². The summed E-state index contributed by atoms with van der Waals surface area (Å²) in [5, 5.41) is 13.2. The highest BCUT2D eigenvalue weighted by molar-refractivity contribution is 7.91. The first-order valence-corrected chi connectivity index (χ1v) is 6.83. The summed E-state index contributed by atoms with van der Waals surface area (Å²) in [6, 6.07) is 6.90. The molecule has 2 N–H and O–H groups in total. The van der Waals surface area contributed by atoms with Crippen LogP contribution in [0.5, 0.6) is 0 Å². The topological polar surface area (TPSA) is 85.9 Å². The van der Waals surface area contributed by atoms with E-state index in [1.165, 1.54) is 0 Å². The monoisotopic (exact) mass is 275 g/mol. The summed E-state index contributed by atoms with van der Waals surface area (Å²) in [6.45, 7) is 0. The van der Waals surface area contributed by atoms with Crippen molar-refractivity contribution in [2.75, 3.05) is 0 Å². The van der Waals surface area contributed by atoms with Gasteiger partial charge in [0.2, 0.25) is 4.34 Å². The van der Waals surface area contributed by atoms with Crippen LogP contribution >= 0.6 is 22.9 Å². The van der Waals surface area contributed by atoms with Gasteiger partial charge in [0.1, 0.15) is 5.01 Å². The molecule has 5 nitrogen and oxygen atoms in total. The molecule has 0 saturated heterocycles. The van der Waals surface area contributed by atoms with Crippen LogP contribution in [0.4, 0.5) is 0 Å². The molecule has 84 valence electrons. The van der Waals surface area contributed by atoms with E-state index in [4.69, 9.17) is 16.7 Å². The van der Waals surface area contributed by atoms with E-state index in [0.29, 0.717) is 15.6 Å². The van der Waals surface area contributed by atoms with Crippen molar-refractivity contribution in [3.63, 3.8) is 0 Å². The van der Waals surface area contributed by atoms with Crippen LogP contribution in [0.25, 0.3) is 10.6 Å². The Kier molecular flexibility index (Phi) is 2.94. The van der Waals surface area contributed by atoms with E-state index in [1.54, 1.807) is 24.3 Å². The Morgan fingerprint density at radius 3 is 2.62 bits per heavy atom. The minimum atomic E-state index is -3.79. The normalized spacial score (nSPS) is 11.6. The number of halogens is 1. The van der Waals surface area contributed by atoms with Gasteiger partial charge < -0.3 is 0 Å². The van der Waals surface area contributed by atoms with Gasteiger partial charge in [0.05, 0.1) is 0 Å². The summed E-state index contributed by atoms with van der Waals surface area (Å²) in [5.74, 6) is 0. The van der Waals surface area contributed by atoms with Crippen LogP contribution in [-0.4, -0.2) is 18.6 Å². The summed E-state index contributed by atoms with van der Waals surface area (Å²) in [4.78, 5) is 0. The highest BCUT2D eigenvalue weighted by Crippen LogP contribution is 2.26. The van der Waals surface area contributed by atoms with Crippen LogP contribution in [0.2, 0.25) is 5.02 Å². The van der Waals surface area contributed by atoms with Crippen molar-refractivity contribution in [2.24, 2.45) is 5.14 Å². The maximum absolute atomic E-state index is 11.0. The van der Waals surface area contributed by atoms with Gasteiger partial charge in [0, 0.05) is 10.6 Å². The largest absolute Gasteiger partial charge is 0.267 e. The Labute approximate surface area is 101 Å². The summed E-state index contributed by atoms with van der Waals surface area (Å²) < 4.78 is 21.8. The number of rotatable bonds is 2. The van der Waals surface area contributed by atoms with Gasteiger partial charge in [-0.3, -0.25) is 0 Å². The highest BCUT2D eigenvalue weighted by atomic mass is 35.5. The molecule has 1 aromatic heterocycles. The van der Waals surface area contributed by atoms with Crippen molar-refractivity contribution < 1.29 is 8.42 Å². The summed E-state index contributed by atoms with van der Waals surface area (Å²) >= 11 is 6.71. The van der Waals surface area contributed by atoms with Crippen LogP contribution in [0.1, 0.15) is 0 Å². The van der Waals surface area contributed by atoms with Gasteiger partial charge in [-0.05, 0) is 12.1 Å². The number of nitrogens with two attached hydrogens (primary N) is 1. The SMILES string of the molecule is NS(=O)(=O)c1nnc(-c2cccc(Cl)c2)s1. The average molecular weight is 276 g/mol. The molecule has 0 spiro atoms. The molecule has 0 amide bonds. The molecule has 16 heavy (non-hydrogen) atoms. The fourth-order valence-corrected chi connectivity index (χ4v) is 2.68. The van der Waals surface area contributed by atoms with Crippen molar-refractivity contribution >= 4 is 33.0 Å². The zero-order chi connectivity index (χ0) is 11.8. The molecular weight excluding hydrogens is 270 g/mol. The van der Waals surface area contributed by atoms with Crippen LogP contribution in [0, 0.1) is 0 Å². The van der Waals surface area contributed by atoms with Gasteiger partial charge in [-0.15, -0.1) is 10.2 Å². The smallest absolute Gasteiger partial charge is 0.223 e. The Morgan fingerprint density at radius 1 is 1.31 bits per heavy atom. The minimum Gasteiger partial charge on any atom is -0.223 e. The van der Waals surface area contributed by atoms with Crippen LogP contribution < -0.4 is 5.14 Å². The Bertz CT molecular complexity index is 624. The molecule has 0 saturated carbocycles. The van der Waals surface area contributed by atoms with Crippen molar-refractivity contribution in [2.45, 2.75) is 4.34 Å². The van der Waals surface area contributed by atoms with E-state index in [2.05, 4.69) is 10.2 Å². The number of hydrogen-bond donors (Lipinski definition) is 1. The van der Waals surface area contributed by atoms with Crippen molar-refractivity contribution in [3.8, 4) is 10.6 Å². The van der Waals surface area contributed by atoms with Gasteiger partial charge >= 0.3 is 0 Å². The van der Waals surface area contributed by atoms with Crippen molar-refractivity contribution in [3.05, 3.63) is 29.3 Å². The Balaban J connectivity index is 2.47. The van der Waals surface area contributed by atoms with Crippen LogP contribution in [0.15, 0.2) is 28.6 Å². The fraction of sp³-hybridized carbons (Fsp3) is 0. The van der Waals surface area contributed by atoms with E-state index in [0.717, 1.165) is 11.3 Å². The van der Waals surface area contributed by atoms with Gasteiger partial charge in [0.15, 0.2) is 0 Å². The predicted octanol–water partition coefficient (Wildman–Crippen LogP) is 1.51. The number of hydrogen-bond acceptors (Lipinski definition) is 5. The lowest BCUT2D eigenvalue weighted by molar-refractivity contribution is 0.596. The Hall–Kier alpha value is -1.02. The standard InChI is InChI=1S/C8H6ClN3O2S2/c9-6-3-1-2-5(4-6)7-11-12-8(15-7)16(10,13)14/h1-4H,(H2,10,13,14). The highest BCUT2D eigenvalue weighted by Gasteiger charge is 2.15. The first kappa shape index (κ1) is 11.5. The third-order valence-electron chi connectivity index (χ3n) is 1.72. The number of primary sulfonamides is 1. The Morgan fingerprint density at radius 2 is 2.06 bits per heavy atom. The fourth-order valence-electron chi connectivity index (χ4n) is 1.06. The summed E-state index contributed by atoms with van der Waals surface area (Å²) in [5.41, 5.74) is 0.708. The molecule has 0 aliphatic heterocycles. The second-order valence-electron chi connectivity index (χ2n) is 2.93. The molecule has 0 aliphatic rings. The number of sulfonamides is 1. The maximum atomic E-state index is 11.0. The quantitative estimate of drug-likeness (QED) is 0.900. The van der Waals surface area contributed by atoms with E-state index < -0.39 is 10.0 Å². The minimum absolute atomic E-state index is 0.206. The molecule has 1 aromatic carbocycles. The molecule has 8 heteroatoms. The van der Waals surface area contributed by atoms with Gasteiger partial charge in [-0.25, -0.2) is 13.6 Å². The first-order chi connectivity index (χ1) is 7.47. The lowest BCUT2D eigenvalue weighted by atomic mass is 10.2. The molecular formula is C8H6ClN3O2S2. The molecule has 0 bridgehead atoms. The summed E-state index contributed by atoms with van der Waals surface area (Å²) in [7, 11) is -3.79. The third kappa shape index (κ3) is 2.38. The second kappa shape index (κ2) is 4.10.